The number of ether oxygens (including phenoxy) is 1. The van der Waals surface area contributed by atoms with Gasteiger partial charge in [0.2, 0.25) is 5.89 Å². The maximum Gasteiger partial charge on any atom is 0.264 e. The van der Waals surface area contributed by atoms with Crippen LogP contribution in [0.5, 0.6) is 5.75 Å². The number of anilines is 1. The van der Waals surface area contributed by atoms with E-state index in [-0.39, 0.29) is 23.5 Å². The average molecular weight is 516 g/mol. The fourth-order valence-electron chi connectivity index (χ4n) is 4.05. The number of hydrogen-bond acceptors (Lipinski definition) is 5. The number of nitrogens with zero attached hydrogens (tertiary/aromatic N) is 1. The van der Waals surface area contributed by atoms with E-state index in [4.69, 9.17) is 26.4 Å². The molecule has 37 heavy (non-hydrogen) atoms. The summed E-state index contributed by atoms with van der Waals surface area (Å²) < 4.78 is 11.8. The van der Waals surface area contributed by atoms with E-state index < -0.39 is 0 Å². The quantitative estimate of drug-likeness (QED) is 0.239. The molecule has 1 amide bonds. The number of amides is 1. The lowest BCUT2D eigenvalue weighted by molar-refractivity contribution is -0.121. The predicted molar refractivity (Wildman–Crippen MR) is 153 cm³/mol. The Morgan fingerprint density at radius 2 is 1.89 bits per heavy atom. The van der Waals surface area contributed by atoms with E-state index in [0.717, 1.165) is 34.2 Å². The number of benzene rings is 3. The second-order valence-electron chi connectivity index (χ2n) is 9.62. The molecular weight excluding hydrogens is 482 g/mol. The zero-order valence-corrected chi connectivity index (χ0v) is 22.7. The minimum absolute atomic E-state index is 0.132. The van der Waals surface area contributed by atoms with Crippen LogP contribution in [0.25, 0.3) is 22.6 Å². The van der Waals surface area contributed by atoms with Crippen LogP contribution in [0, 0.1) is 6.92 Å². The van der Waals surface area contributed by atoms with Gasteiger partial charge in [0.1, 0.15) is 11.3 Å². The number of aryl methyl sites for hydroxylation is 1. The smallest absolute Gasteiger partial charge is 0.264 e. The van der Waals surface area contributed by atoms with Crippen molar-refractivity contribution in [1.82, 2.24) is 10.3 Å². The Hall–Kier alpha value is -3.71. The largest absolute Gasteiger partial charge is 0.483 e. The van der Waals surface area contributed by atoms with Crippen LogP contribution < -0.4 is 15.4 Å². The topological polar surface area (TPSA) is 76.4 Å². The molecule has 0 aliphatic rings. The summed E-state index contributed by atoms with van der Waals surface area (Å²) in [6.45, 7) is 10.4. The first-order chi connectivity index (χ1) is 17.7. The van der Waals surface area contributed by atoms with Crippen LogP contribution in [0.2, 0.25) is 0 Å². The van der Waals surface area contributed by atoms with Gasteiger partial charge in [0.25, 0.3) is 5.91 Å². The summed E-state index contributed by atoms with van der Waals surface area (Å²) in [6, 6.07) is 19.7. The third-order valence-electron chi connectivity index (χ3n) is 6.36. The summed E-state index contributed by atoms with van der Waals surface area (Å²) in [6.07, 6.45) is 1.07. The van der Waals surface area contributed by atoms with Crippen LogP contribution in [0.1, 0.15) is 62.6 Å². The molecule has 0 saturated heterocycles. The van der Waals surface area contributed by atoms with E-state index in [0.29, 0.717) is 23.2 Å². The number of carbonyl (C=O) groups is 1. The van der Waals surface area contributed by atoms with Crippen LogP contribution in [-0.2, 0) is 4.79 Å². The zero-order chi connectivity index (χ0) is 26.5. The summed E-state index contributed by atoms with van der Waals surface area (Å²) in [4.78, 5) is 17.2. The van der Waals surface area contributed by atoms with Gasteiger partial charge in [-0.05, 0) is 90.5 Å². The summed E-state index contributed by atoms with van der Waals surface area (Å²) in [5.41, 5.74) is 6.49. The van der Waals surface area contributed by atoms with E-state index in [1.807, 2.05) is 55.5 Å². The molecule has 6 nitrogen and oxygen atoms in total. The summed E-state index contributed by atoms with van der Waals surface area (Å²) >= 11 is 5.36. The highest BCUT2D eigenvalue weighted by molar-refractivity contribution is 7.80. The first-order valence-corrected chi connectivity index (χ1v) is 13.0. The normalized spacial score (nSPS) is 11.9. The molecule has 4 aromatic rings. The van der Waals surface area contributed by atoms with Gasteiger partial charge in [-0.2, -0.15) is 0 Å². The second-order valence-corrected chi connectivity index (χ2v) is 10.0. The first-order valence-electron chi connectivity index (χ1n) is 12.6. The minimum atomic E-state index is -0.332. The Bertz CT molecular complexity index is 1430. The van der Waals surface area contributed by atoms with Gasteiger partial charge >= 0.3 is 0 Å². The Morgan fingerprint density at radius 1 is 1.08 bits per heavy atom. The van der Waals surface area contributed by atoms with Crippen molar-refractivity contribution in [2.75, 3.05) is 11.9 Å². The van der Waals surface area contributed by atoms with E-state index in [1.54, 1.807) is 0 Å². The number of rotatable bonds is 8. The highest BCUT2D eigenvalue weighted by Crippen LogP contribution is 2.29. The zero-order valence-electron chi connectivity index (χ0n) is 21.9. The number of nitrogens with one attached hydrogen (secondary N) is 2. The summed E-state index contributed by atoms with van der Waals surface area (Å²) in [5.74, 6) is 1.67. The van der Waals surface area contributed by atoms with Gasteiger partial charge in [0.15, 0.2) is 17.3 Å². The molecule has 0 saturated carbocycles. The molecular formula is C30H33N3O3S. The van der Waals surface area contributed by atoms with Crippen molar-refractivity contribution in [3.63, 3.8) is 0 Å². The molecule has 0 unspecified atom stereocenters. The van der Waals surface area contributed by atoms with Gasteiger partial charge < -0.3 is 14.5 Å². The third-order valence-corrected chi connectivity index (χ3v) is 6.57. The van der Waals surface area contributed by atoms with Crippen LogP contribution in [0.3, 0.4) is 0 Å². The number of carbonyl (C=O) groups excluding carboxylic acids is 1. The molecule has 1 heterocycles. The van der Waals surface area contributed by atoms with Gasteiger partial charge in [-0.15, -0.1) is 0 Å². The standard InChI is InChI=1S/C30H33N3O3S/c1-6-20(5)21-11-13-26-25(16-21)32-29(36-26)22-8-7-9-23(15-22)31-30(37)33-28(34)17-35-27-14-19(4)10-12-24(27)18(2)3/h7-16,18,20H,6,17H2,1-5H3,(H2,31,33,34,37)/t20-/m1/s1. The Kier molecular flexibility index (Phi) is 8.24. The van der Waals surface area contributed by atoms with E-state index in [1.165, 1.54) is 5.56 Å². The van der Waals surface area contributed by atoms with Crippen molar-refractivity contribution in [1.29, 1.82) is 0 Å². The van der Waals surface area contributed by atoms with Crippen molar-refractivity contribution < 1.29 is 13.9 Å². The van der Waals surface area contributed by atoms with Crippen molar-refractivity contribution in [2.45, 2.75) is 52.9 Å². The number of thiocarbonyl (C=S) groups is 1. The molecule has 2 N–H and O–H groups in total. The number of fused-ring (bicyclic) bond motifs is 1. The molecule has 0 aliphatic heterocycles. The fourth-order valence-corrected chi connectivity index (χ4v) is 4.28. The van der Waals surface area contributed by atoms with E-state index in [2.05, 4.69) is 50.5 Å². The third kappa shape index (κ3) is 6.54. The Morgan fingerprint density at radius 3 is 2.65 bits per heavy atom. The molecule has 0 bridgehead atoms. The molecule has 1 atom stereocenters. The van der Waals surface area contributed by atoms with Crippen LogP contribution in [0.15, 0.2) is 65.1 Å². The Balaban J connectivity index is 1.39. The molecule has 0 radical (unpaired) electrons. The SMILES string of the molecule is CC[C@@H](C)c1ccc2oc(-c3cccc(NC(=S)NC(=O)COc4cc(C)ccc4C(C)C)c3)nc2c1. The molecule has 3 aromatic carbocycles. The lowest BCUT2D eigenvalue weighted by atomic mass is 9.98. The Labute approximate surface area is 223 Å². The molecule has 1 aromatic heterocycles. The highest BCUT2D eigenvalue weighted by atomic mass is 32.1. The molecule has 192 valence electrons. The van der Waals surface area contributed by atoms with Crippen LogP contribution >= 0.6 is 12.2 Å². The number of aromatic nitrogens is 1. The van der Waals surface area contributed by atoms with E-state index >= 15 is 0 Å². The van der Waals surface area contributed by atoms with Crippen molar-refractivity contribution in [3.8, 4) is 17.2 Å². The lowest BCUT2D eigenvalue weighted by Gasteiger charge is -2.15. The molecule has 0 fully saturated rings. The summed E-state index contributed by atoms with van der Waals surface area (Å²) in [5, 5.41) is 5.93. The molecule has 0 spiro atoms. The first kappa shape index (κ1) is 26.4. The fraction of sp³-hybridized carbons (Fsp3) is 0.300. The van der Waals surface area contributed by atoms with Gasteiger partial charge in [-0.1, -0.05) is 52.0 Å². The van der Waals surface area contributed by atoms with Crippen molar-refractivity contribution >= 4 is 40.0 Å². The monoisotopic (exact) mass is 515 g/mol. The summed E-state index contributed by atoms with van der Waals surface area (Å²) in [7, 11) is 0. The van der Waals surface area contributed by atoms with Gasteiger partial charge in [-0.3, -0.25) is 10.1 Å². The van der Waals surface area contributed by atoms with E-state index in [9.17, 15) is 4.79 Å². The van der Waals surface area contributed by atoms with Gasteiger partial charge in [-0.25, -0.2) is 4.98 Å². The highest BCUT2D eigenvalue weighted by Gasteiger charge is 2.13. The molecule has 0 aliphatic carbocycles. The lowest BCUT2D eigenvalue weighted by Crippen LogP contribution is -2.37. The molecule has 7 heteroatoms. The predicted octanol–water partition coefficient (Wildman–Crippen LogP) is 7.33. The van der Waals surface area contributed by atoms with Crippen molar-refractivity contribution in [2.24, 2.45) is 0 Å². The van der Waals surface area contributed by atoms with Crippen molar-refractivity contribution in [3.05, 3.63) is 77.4 Å². The maximum atomic E-state index is 12.5. The number of hydrogen-bond donors (Lipinski definition) is 2. The second kappa shape index (κ2) is 11.6. The minimum Gasteiger partial charge on any atom is -0.483 e. The van der Waals surface area contributed by atoms with Gasteiger partial charge in [0.05, 0.1) is 0 Å². The number of oxazole rings is 1. The van der Waals surface area contributed by atoms with Crippen LogP contribution in [0.4, 0.5) is 5.69 Å². The van der Waals surface area contributed by atoms with Crippen LogP contribution in [-0.4, -0.2) is 22.6 Å². The average Bonchev–Trinajstić information content (AvgIpc) is 3.30. The van der Waals surface area contributed by atoms with Gasteiger partial charge in [0, 0.05) is 11.3 Å². The molecule has 4 rings (SSSR count). The maximum absolute atomic E-state index is 12.5.